The van der Waals surface area contributed by atoms with Crippen LogP contribution in [-0.4, -0.2) is 22.7 Å². The van der Waals surface area contributed by atoms with E-state index in [9.17, 15) is 13.6 Å². The number of ether oxygens (including phenoxy) is 1. The first-order valence-corrected chi connectivity index (χ1v) is 5.50. The molecule has 0 saturated heterocycles. The van der Waals surface area contributed by atoms with Crippen LogP contribution in [0.5, 0.6) is 5.75 Å². The topological polar surface area (TPSA) is 90.1 Å². The zero-order valence-electron chi connectivity index (χ0n) is 10.1. The van der Waals surface area contributed by atoms with Crippen molar-refractivity contribution < 1.29 is 18.3 Å². The fraction of sp³-hybridized carbons (Fsp3) is 0.0833. The van der Waals surface area contributed by atoms with Crippen molar-refractivity contribution in [2.24, 2.45) is 0 Å². The Morgan fingerprint density at radius 2 is 1.95 bits per heavy atom. The minimum Gasteiger partial charge on any atom is -0.433 e. The van der Waals surface area contributed by atoms with Crippen LogP contribution in [0.1, 0.15) is 10.5 Å². The smallest absolute Gasteiger partial charge is 0.387 e. The molecular formula is C12H10F2N4O2. The Morgan fingerprint density at radius 3 is 2.60 bits per heavy atom. The van der Waals surface area contributed by atoms with E-state index in [2.05, 4.69) is 20.3 Å². The van der Waals surface area contributed by atoms with Crippen LogP contribution in [0.15, 0.2) is 36.4 Å². The number of amides is 1. The molecule has 0 aliphatic heterocycles. The summed E-state index contributed by atoms with van der Waals surface area (Å²) >= 11 is 0. The lowest BCUT2D eigenvalue weighted by Gasteiger charge is -2.11. The number of nitrogen functional groups attached to an aromatic ring is 1. The summed E-state index contributed by atoms with van der Waals surface area (Å²) in [5, 5.41) is 9.53. The van der Waals surface area contributed by atoms with Gasteiger partial charge < -0.3 is 15.8 Å². The molecule has 0 aliphatic rings. The normalized spacial score (nSPS) is 10.3. The predicted molar refractivity (Wildman–Crippen MR) is 67.5 cm³/mol. The van der Waals surface area contributed by atoms with Crippen LogP contribution in [-0.2, 0) is 0 Å². The van der Waals surface area contributed by atoms with Crippen LogP contribution in [0, 0.1) is 0 Å². The molecule has 20 heavy (non-hydrogen) atoms. The number of halogens is 2. The van der Waals surface area contributed by atoms with E-state index in [0.29, 0.717) is 0 Å². The van der Waals surface area contributed by atoms with Gasteiger partial charge in [-0.15, -0.1) is 10.2 Å². The van der Waals surface area contributed by atoms with Gasteiger partial charge in [0, 0.05) is 0 Å². The summed E-state index contributed by atoms with van der Waals surface area (Å²) in [6, 6.07) is 8.60. The second kappa shape index (κ2) is 5.91. The third-order valence-electron chi connectivity index (χ3n) is 2.27. The van der Waals surface area contributed by atoms with Crippen LogP contribution >= 0.6 is 0 Å². The van der Waals surface area contributed by atoms with Crippen LogP contribution in [0.3, 0.4) is 0 Å². The number of nitrogens with one attached hydrogen (secondary N) is 1. The summed E-state index contributed by atoms with van der Waals surface area (Å²) in [5.41, 5.74) is 5.46. The average molecular weight is 280 g/mol. The number of aromatic nitrogens is 2. The van der Waals surface area contributed by atoms with E-state index in [1.165, 1.54) is 30.3 Å². The van der Waals surface area contributed by atoms with Crippen LogP contribution in [0.2, 0.25) is 0 Å². The van der Waals surface area contributed by atoms with E-state index in [4.69, 9.17) is 5.73 Å². The number of para-hydroxylation sites is 2. The number of carbonyl (C=O) groups is 1. The predicted octanol–water partition coefficient (Wildman–Crippen LogP) is 1.91. The molecule has 0 saturated carbocycles. The summed E-state index contributed by atoms with van der Waals surface area (Å²) in [6.07, 6.45) is 0. The molecule has 0 fully saturated rings. The minimum atomic E-state index is -2.98. The third-order valence-corrected chi connectivity index (χ3v) is 2.27. The molecule has 1 aromatic carbocycles. The number of alkyl halides is 2. The molecule has 0 radical (unpaired) electrons. The third kappa shape index (κ3) is 3.37. The molecule has 6 nitrogen and oxygen atoms in total. The minimum absolute atomic E-state index is 0.00560. The number of hydrogen-bond acceptors (Lipinski definition) is 5. The number of nitrogens with zero attached hydrogens (tertiary/aromatic N) is 2. The van der Waals surface area contributed by atoms with E-state index in [1.54, 1.807) is 6.07 Å². The van der Waals surface area contributed by atoms with Gasteiger partial charge >= 0.3 is 6.61 Å². The zero-order chi connectivity index (χ0) is 14.5. The molecule has 1 aromatic heterocycles. The molecule has 0 unspecified atom stereocenters. The summed E-state index contributed by atoms with van der Waals surface area (Å²) in [7, 11) is 0. The molecule has 104 valence electrons. The first kappa shape index (κ1) is 13.7. The monoisotopic (exact) mass is 280 g/mol. The highest BCUT2D eigenvalue weighted by Crippen LogP contribution is 2.25. The van der Waals surface area contributed by atoms with Gasteiger partial charge in [0.25, 0.3) is 5.91 Å². The Kier molecular flexibility index (Phi) is 4.04. The number of hydrogen-bond donors (Lipinski definition) is 2. The highest BCUT2D eigenvalue weighted by Gasteiger charge is 2.13. The van der Waals surface area contributed by atoms with E-state index in [-0.39, 0.29) is 22.9 Å². The Morgan fingerprint density at radius 1 is 1.20 bits per heavy atom. The van der Waals surface area contributed by atoms with Gasteiger partial charge in [0.2, 0.25) is 0 Å². The molecule has 1 heterocycles. The Balaban J connectivity index is 2.17. The fourth-order valence-electron chi connectivity index (χ4n) is 1.42. The Hall–Kier alpha value is -2.77. The van der Waals surface area contributed by atoms with Gasteiger partial charge in [0.15, 0.2) is 5.69 Å². The Labute approximate surface area is 112 Å². The van der Waals surface area contributed by atoms with Gasteiger partial charge in [-0.3, -0.25) is 4.79 Å². The van der Waals surface area contributed by atoms with Crippen molar-refractivity contribution in [1.29, 1.82) is 0 Å². The van der Waals surface area contributed by atoms with Crippen LogP contribution in [0.25, 0.3) is 0 Å². The van der Waals surface area contributed by atoms with Gasteiger partial charge in [-0.25, -0.2) is 0 Å². The number of benzene rings is 1. The van der Waals surface area contributed by atoms with Gasteiger partial charge in [0.05, 0.1) is 5.69 Å². The van der Waals surface area contributed by atoms with Gasteiger partial charge in [-0.2, -0.15) is 8.78 Å². The van der Waals surface area contributed by atoms with E-state index in [0.717, 1.165) is 0 Å². The van der Waals surface area contributed by atoms with E-state index in [1.807, 2.05) is 0 Å². The van der Waals surface area contributed by atoms with Crippen molar-refractivity contribution in [1.82, 2.24) is 10.2 Å². The SMILES string of the molecule is Nc1ccc(C(=O)Nc2ccccc2OC(F)F)nn1. The molecule has 2 aromatic rings. The lowest BCUT2D eigenvalue weighted by atomic mass is 10.2. The number of rotatable bonds is 4. The first-order chi connectivity index (χ1) is 9.56. The summed E-state index contributed by atoms with van der Waals surface area (Å²) in [5.74, 6) is -0.579. The second-order valence-electron chi connectivity index (χ2n) is 3.67. The molecule has 8 heteroatoms. The zero-order valence-corrected chi connectivity index (χ0v) is 10.1. The van der Waals surface area contributed by atoms with Crippen molar-refractivity contribution in [3.8, 4) is 5.75 Å². The average Bonchev–Trinajstić information content (AvgIpc) is 2.41. The van der Waals surface area contributed by atoms with Crippen molar-refractivity contribution in [3.63, 3.8) is 0 Å². The number of carbonyl (C=O) groups excluding carboxylic acids is 1. The van der Waals surface area contributed by atoms with Crippen molar-refractivity contribution in [2.75, 3.05) is 11.1 Å². The van der Waals surface area contributed by atoms with Crippen LogP contribution in [0.4, 0.5) is 20.3 Å². The van der Waals surface area contributed by atoms with Gasteiger partial charge in [-0.05, 0) is 24.3 Å². The molecule has 3 N–H and O–H groups in total. The van der Waals surface area contributed by atoms with E-state index >= 15 is 0 Å². The lowest BCUT2D eigenvalue weighted by Crippen LogP contribution is -2.16. The molecule has 0 atom stereocenters. The summed E-state index contributed by atoms with van der Waals surface area (Å²) in [4.78, 5) is 11.9. The van der Waals surface area contributed by atoms with Gasteiger partial charge in [0.1, 0.15) is 11.6 Å². The number of anilines is 2. The largest absolute Gasteiger partial charge is 0.433 e. The first-order valence-electron chi connectivity index (χ1n) is 5.50. The summed E-state index contributed by atoms with van der Waals surface area (Å²) < 4.78 is 28.8. The van der Waals surface area contributed by atoms with Crippen molar-refractivity contribution in [2.45, 2.75) is 6.61 Å². The summed E-state index contributed by atoms with van der Waals surface area (Å²) in [6.45, 7) is -2.98. The second-order valence-corrected chi connectivity index (χ2v) is 3.67. The molecular weight excluding hydrogens is 270 g/mol. The van der Waals surface area contributed by atoms with Gasteiger partial charge in [-0.1, -0.05) is 12.1 Å². The van der Waals surface area contributed by atoms with Crippen LogP contribution < -0.4 is 15.8 Å². The maximum absolute atomic E-state index is 12.2. The fourth-order valence-corrected chi connectivity index (χ4v) is 1.42. The molecule has 0 aliphatic carbocycles. The maximum atomic E-state index is 12.2. The highest BCUT2D eigenvalue weighted by atomic mass is 19.3. The maximum Gasteiger partial charge on any atom is 0.387 e. The van der Waals surface area contributed by atoms with Crippen molar-refractivity contribution >= 4 is 17.4 Å². The molecule has 0 spiro atoms. The highest BCUT2D eigenvalue weighted by molar-refractivity contribution is 6.03. The quantitative estimate of drug-likeness (QED) is 0.892. The lowest BCUT2D eigenvalue weighted by molar-refractivity contribution is -0.0493. The van der Waals surface area contributed by atoms with Crippen molar-refractivity contribution in [3.05, 3.63) is 42.1 Å². The molecule has 0 bridgehead atoms. The van der Waals surface area contributed by atoms with E-state index < -0.39 is 12.5 Å². The molecule has 1 amide bonds. The molecule has 2 rings (SSSR count). The standard InChI is InChI=1S/C12H10F2N4O2/c13-12(14)20-9-4-2-1-3-7(9)16-11(19)8-5-6-10(15)18-17-8/h1-6,12H,(H2,15,18)(H,16,19). The number of nitrogens with two attached hydrogens (primary N) is 1. The Bertz CT molecular complexity index is 605.